The first-order valence-electron chi connectivity index (χ1n) is 11.6. The Labute approximate surface area is 232 Å². The van der Waals surface area contributed by atoms with Crippen LogP contribution in [0.5, 0.6) is 0 Å². The van der Waals surface area contributed by atoms with E-state index in [1.165, 1.54) is 30.3 Å². The molecule has 0 aliphatic heterocycles. The molecule has 0 spiro atoms. The molecule has 3 aromatic rings. The standard InChI is InChI=1S/C24H22ClF6N5O5/c25-16-6-4-14(5-7-16)20-34-36(22(41)35(20)11-18(37)24(29,30)31)12-19(38)33-17(10-32-21(39)40)9-13-2-1-3-15(8-13)23(26,27)28/h1-8,17-18,32,37H,9-12H2,(H,33,38)(H,39,40)/t17-,18-/m0/s1. The van der Waals surface area contributed by atoms with Crippen LogP contribution in [-0.4, -0.2) is 61.4 Å². The van der Waals surface area contributed by atoms with E-state index in [9.17, 15) is 45.8 Å². The average molecular weight is 610 g/mol. The molecule has 0 aliphatic rings. The van der Waals surface area contributed by atoms with Crippen LogP contribution in [0.25, 0.3) is 11.4 Å². The summed E-state index contributed by atoms with van der Waals surface area (Å²) in [5, 5.41) is 27.1. The topological polar surface area (TPSA) is 138 Å². The zero-order chi connectivity index (χ0) is 30.5. The Morgan fingerprint density at radius 2 is 1.71 bits per heavy atom. The number of nitrogens with zero attached hydrogens (tertiary/aromatic N) is 3. The molecule has 1 aromatic heterocycles. The number of carboxylic acid groups (broad SMARTS) is 1. The maximum Gasteiger partial charge on any atom is 0.416 e. The maximum atomic E-state index is 13.1. The molecule has 0 bridgehead atoms. The van der Waals surface area contributed by atoms with Crippen molar-refractivity contribution in [3.8, 4) is 11.4 Å². The molecule has 4 N–H and O–H groups in total. The monoisotopic (exact) mass is 609 g/mol. The molecule has 2 aromatic carbocycles. The molecule has 0 unspecified atom stereocenters. The summed E-state index contributed by atoms with van der Waals surface area (Å²) in [6.07, 6.45) is -14.4. The molecule has 2 amide bonds. The number of nitrogens with one attached hydrogen (secondary N) is 2. The maximum absolute atomic E-state index is 13.1. The lowest BCUT2D eigenvalue weighted by molar-refractivity contribution is -0.207. The number of hydrogen-bond acceptors (Lipinski definition) is 5. The van der Waals surface area contributed by atoms with Crippen LogP contribution >= 0.6 is 11.6 Å². The van der Waals surface area contributed by atoms with Crippen LogP contribution in [0.3, 0.4) is 0 Å². The zero-order valence-electron chi connectivity index (χ0n) is 20.7. The number of aliphatic hydroxyl groups is 1. The minimum Gasteiger partial charge on any atom is -0.465 e. The van der Waals surface area contributed by atoms with Gasteiger partial charge in [-0.2, -0.15) is 26.3 Å². The first kappa shape index (κ1) is 31.5. The molecule has 222 valence electrons. The second-order valence-electron chi connectivity index (χ2n) is 8.79. The lowest BCUT2D eigenvalue weighted by atomic mass is 10.0. The van der Waals surface area contributed by atoms with Crippen molar-refractivity contribution >= 4 is 23.6 Å². The van der Waals surface area contributed by atoms with Gasteiger partial charge in [-0.05, 0) is 42.3 Å². The van der Waals surface area contributed by atoms with E-state index in [0.29, 0.717) is 9.25 Å². The van der Waals surface area contributed by atoms with Crippen molar-refractivity contribution in [2.24, 2.45) is 0 Å². The van der Waals surface area contributed by atoms with E-state index in [1.54, 1.807) is 0 Å². The summed E-state index contributed by atoms with van der Waals surface area (Å²) in [6.45, 7) is -2.50. The molecule has 0 saturated carbocycles. The average Bonchev–Trinajstić information content (AvgIpc) is 3.16. The second kappa shape index (κ2) is 12.6. The van der Waals surface area contributed by atoms with E-state index in [-0.39, 0.29) is 28.4 Å². The van der Waals surface area contributed by atoms with Crippen LogP contribution in [0.15, 0.2) is 53.3 Å². The number of hydrogen-bond donors (Lipinski definition) is 4. The van der Waals surface area contributed by atoms with Gasteiger partial charge in [-0.3, -0.25) is 9.36 Å². The van der Waals surface area contributed by atoms with E-state index in [1.807, 2.05) is 5.32 Å². The number of amides is 2. The Kier molecular flexibility index (Phi) is 9.70. The molecule has 0 saturated heterocycles. The molecule has 0 aliphatic carbocycles. The van der Waals surface area contributed by atoms with Crippen LogP contribution in [0.4, 0.5) is 31.1 Å². The molecular weight excluding hydrogens is 588 g/mol. The van der Waals surface area contributed by atoms with Crippen LogP contribution in [0, 0.1) is 0 Å². The van der Waals surface area contributed by atoms with Gasteiger partial charge < -0.3 is 20.8 Å². The molecular formula is C24H22ClF6N5O5. The summed E-state index contributed by atoms with van der Waals surface area (Å²) < 4.78 is 79.4. The van der Waals surface area contributed by atoms with Gasteiger partial charge in [-0.1, -0.05) is 29.8 Å². The molecule has 41 heavy (non-hydrogen) atoms. The summed E-state index contributed by atoms with van der Waals surface area (Å²) in [7, 11) is 0. The molecule has 17 heteroatoms. The van der Waals surface area contributed by atoms with Crippen LogP contribution < -0.4 is 16.3 Å². The summed E-state index contributed by atoms with van der Waals surface area (Å²) in [5.41, 5.74) is -1.87. The van der Waals surface area contributed by atoms with Gasteiger partial charge in [-0.15, -0.1) is 5.10 Å². The molecule has 10 nitrogen and oxygen atoms in total. The zero-order valence-corrected chi connectivity index (χ0v) is 21.5. The highest BCUT2D eigenvalue weighted by molar-refractivity contribution is 6.30. The fraction of sp³-hybridized carbons (Fsp3) is 0.333. The summed E-state index contributed by atoms with van der Waals surface area (Å²) in [4.78, 5) is 36.7. The Morgan fingerprint density at radius 1 is 1.05 bits per heavy atom. The number of halogens is 7. The molecule has 1 heterocycles. The van der Waals surface area contributed by atoms with Gasteiger partial charge in [0.2, 0.25) is 5.91 Å². The second-order valence-corrected chi connectivity index (χ2v) is 9.23. The first-order chi connectivity index (χ1) is 19.0. The quantitative estimate of drug-likeness (QED) is 0.260. The number of aromatic nitrogens is 3. The predicted octanol–water partition coefficient (Wildman–Crippen LogP) is 3.30. The minimum absolute atomic E-state index is 0.116. The highest BCUT2D eigenvalue weighted by Gasteiger charge is 2.39. The van der Waals surface area contributed by atoms with Crippen LogP contribution in [-0.2, 0) is 30.5 Å². The van der Waals surface area contributed by atoms with E-state index in [4.69, 9.17) is 16.7 Å². The summed E-state index contributed by atoms with van der Waals surface area (Å²) in [6, 6.07) is 8.54. The van der Waals surface area contributed by atoms with Gasteiger partial charge >= 0.3 is 24.1 Å². The number of carbonyl (C=O) groups excluding carboxylic acids is 1. The molecule has 2 atom stereocenters. The van der Waals surface area contributed by atoms with Crippen LogP contribution in [0.1, 0.15) is 11.1 Å². The van der Waals surface area contributed by atoms with Crippen LogP contribution in [0.2, 0.25) is 5.02 Å². The normalized spacial score (nSPS) is 13.5. The smallest absolute Gasteiger partial charge is 0.416 e. The number of aliphatic hydroxyl groups excluding tert-OH is 1. The number of carbonyl (C=O) groups is 2. The van der Waals surface area contributed by atoms with E-state index in [0.717, 1.165) is 18.2 Å². The Balaban J connectivity index is 1.87. The molecule has 0 radical (unpaired) electrons. The van der Waals surface area contributed by atoms with Crippen molar-refractivity contribution in [1.82, 2.24) is 25.0 Å². The van der Waals surface area contributed by atoms with Gasteiger partial charge in [0.1, 0.15) is 6.54 Å². The Bertz CT molecular complexity index is 1440. The Hall–Kier alpha value is -4.05. The van der Waals surface area contributed by atoms with E-state index in [2.05, 4.69) is 10.4 Å². The van der Waals surface area contributed by atoms with Gasteiger partial charge in [0.05, 0.1) is 18.2 Å². The van der Waals surface area contributed by atoms with Crippen molar-refractivity contribution < 1.29 is 46.1 Å². The van der Waals surface area contributed by atoms with Crippen molar-refractivity contribution in [1.29, 1.82) is 0 Å². The van der Waals surface area contributed by atoms with Crippen molar-refractivity contribution in [3.63, 3.8) is 0 Å². The largest absolute Gasteiger partial charge is 0.465 e. The van der Waals surface area contributed by atoms with E-state index < -0.39 is 67.4 Å². The van der Waals surface area contributed by atoms with Gasteiger partial charge in [0.15, 0.2) is 11.9 Å². The highest BCUT2D eigenvalue weighted by atomic mass is 35.5. The number of benzene rings is 2. The third-order valence-corrected chi connectivity index (χ3v) is 5.91. The third-order valence-electron chi connectivity index (χ3n) is 5.65. The first-order valence-corrected chi connectivity index (χ1v) is 12.0. The summed E-state index contributed by atoms with van der Waals surface area (Å²) in [5.74, 6) is -1.25. The lowest BCUT2D eigenvalue weighted by Gasteiger charge is -2.19. The van der Waals surface area contributed by atoms with E-state index >= 15 is 0 Å². The fourth-order valence-electron chi connectivity index (χ4n) is 3.75. The van der Waals surface area contributed by atoms with Crippen molar-refractivity contribution in [2.45, 2.75) is 44.0 Å². The Morgan fingerprint density at radius 3 is 2.29 bits per heavy atom. The van der Waals surface area contributed by atoms with Crippen molar-refractivity contribution in [2.75, 3.05) is 6.54 Å². The molecule has 3 rings (SSSR count). The van der Waals surface area contributed by atoms with Crippen molar-refractivity contribution in [3.05, 3.63) is 75.2 Å². The molecule has 0 fully saturated rings. The van der Waals surface area contributed by atoms with Gasteiger partial charge in [-0.25, -0.2) is 14.3 Å². The fourth-order valence-corrected chi connectivity index (χ4v) is 3.88. The predicted molar refractivity (Wildman–Crippen MR) is 132 cm³/mol. The minimum atomic E-state index is -5.07. The lowest BCUT2D eigenvalue weighted by Crippen LogP contribution is -2.46. The number of rotatable bonds is 10. The van der Waals surface area contributed by atoms with Gasteiger partial charge in [0, 0.05) is 17.1 Å². The summed E-state index contributed by atoms with van der Waals surface area (Å²) >= 11 is 5.84. The van der Waals surface area contributed by atoms with Gasteiger partial charge in [0.25, 0.3) is 0 Å². The number of alkyl halides is 6. The third kappa shape index (κ3) is 8.72. The SMILES string of the molecule is O=C(O)NC[C@H](Cc1cccc(C(F)(F)F)c1)NC(=O)Cn1nc(-c2ccc(Cl)cc2)n(C[C@H](O)C(F)(F)F)c1=O. The highest BCUT2D eigenvalue weighted by Crippen LogP contribution is 2.30.